The predicted molar refractivity (Wildman–Crippen MR) is 553 cm³/mol. The van der Waals surface area contributed by atoms with Gasteiger partial charge in [0, 0.05) is 122 Å². The van der Waals surface area contributed by atoms with Gasteiger partial charge in [-0.05, 0) is 297 Å². The van der Waals surface area contributed by atoms with Crippen LogP contribution < -0.4 is 19.6 Å². The second kappa shape index (κ2) is 30.3. The van der Waals surface area contributed by atoms with Crippen LogP contribution in [0.4, 0.5) is 68.2 Å². The molecule has 0 aliphatic rings. The summed E-state index contributed by atoms with van der Waals surface area (Å²) < 4.78 is 18.3. The van der Waals surface area contributed by atoms with Crippen molar-refractivity contribution in [3.63, 3.8) is 0 Å². The lowest BCUT2D eigenvalue weighted by Gasteiger charge is -2.27. The van der Waals surface area contributed by atoms with Crippen LogP contribution in [0.3, 0.4) is 0 Å². The molecule has 0 amide bonds. The molecule has 0 radical (unpaired) electrons. The number of aryl methyl sites for hydroxylation is 2. The van der Waals surface area contributed by atoms with Gasteiger partial charge in [-0.2, -0.15) is 10.5 Å². The minimum Gasteiger partial charge on any atom is -0.454 e. The molecule has 0 saturated carbocycles. The van der Waals surface area contributed by atoms with Crippen molar-refractivity contribution in [1.82, 2.24) is 8.80 Å². The zero-order valence-electron chi connectivity index (χ0n) is 73.5. The van der Waals surface area contributed by atoms with Crippen LogP contribution in [-0.2, 0) is 0 Å². The number of aromatic nitrogens is 2. The van der Waals surface area contributed by atoms with Crippen LogP contribution in [0.25, 0.3) is 163 Å². The van der Waals surface area contributed by atoms with Gasteiger partial charge in [-0.25, -0.2) is 0 Å². The lowest BCUT2D eigenvalue weighted by Crippen LogP contribution is -2.11. The van der Waals surface area contributed by atoms with E-state index in [9.17, 15) is 10.5 Å². The van der Waals surface area contributed by atoms with Crippen LogP contribution >= 0.6 is 0 Å². The molecular weight excluding hydrogens is 1610 g/mol. The van der Waals surface area contributed by atoms with E-state index in [0.717, 1.165) is 123 Å². The van der Waals surface area contributed by atoms with E-state index in [1.54, 1.807) is 0 Å². The van der Waals surface area contributed by atoms with E-state index >= 15 is 0 Å². The van der Waals surface area contributed by atoms with Gasteiger partial charge in [-0.1, -0.05) is 210 Å². The fourth-order valence-electron chi connectivity index (χ4n) is 21.0. The number of furan rings is 2. The van der Waals surface area contributed by atoms with E-state index in [1.165, 1.54) is 131 Å². The highest BCUT2D eigenvalue weighted by Gasteiger charge is 2.28. The van der Waals surface area contributed by atoms with Crippen molar-refractivity contribution in [2.75, 3.05) is 19.6 Å². The Bertz CT molecular complexity index is 8780. The van der Waals surface area contributed by atoms with E-state index in [0.29, 0.717) is 23.0 Å². The average Bonchev–Trinajstić information content (AvgIpc) is 1.54. The molecular formula is C122H84N8O2. The molecule has 0 aliphatic carbocycles. The van der Waals surface area contributed by atoms with Gasteiger partial charge in [-0.15, -0.1) is 0 Å². The van der Waals surface area contributed by atoms with Gasteiger partial charge in [0.05, 0.1) is 67.7 Å². The highest BCUT2D eigenvalue weighted by Crippen LogP contribution is 2.51. The molecule has 0 atom stereocenters. The number of benzene rings is 20. The Morgan fingerprint density at radius 1 is 0.235 bits per heavy atom. The standard InChI is InChI=1S/C64H41N3O2.C58H43N5/c1-38-14-3-7-22-54(38)65(56-24-12-20-50-46-16-5-9-26-60(46)68-63(50)56)44-30-28-40-34-52-48-18-11-19-49-53-35-41-29-31-45(33-43(41)37-59(53)67(62(48)49)58(52)36-42(40)32-44)66(55-23-8-4-15-39(55)2)57-25-13-21-51-47-17-6-10-27-61(47)69-64(51)57;1-36(2)40-12-22-48(23-13-40)61(46-18-8-38(34-59)9-19-46)50-26-16-42-30-54-52-6-5-7-53-55-31-43-17-27-51(29-45(43)33-57(55)63(58(52)53)56(54)32-44(42)28-50)62(47-20-10-39(35-60)11-21-47)49-24-14-41(15-25-49)37(3)4/h3-37H,1-2H3;5-33,36-37H,1-4H3. The predicted octanol–water partition coefficient (Wildman–Crippen LogP) is 34.6. The zero-order chi connectivity index (χ0) is 88.4. The largest absolute Gasteiger partial charge is 0.454 e. The highest BCUT2D eigenvalue weighted by atomic mass is 16.3. The number of anilines is 12. The first kappa shape index (κ1) is 77.2. The van der Waals surface area contributed by atoms with E-state index in [1.807, 2.05) is 60.7 Å². The lowest BCUT2D eigenvalue weighted by molar-refractivity contribution is 0.668. The van der Waals surface area contributed by atoms with Gasteiger partial charge in [0.25, 0.3) is 0 Å². The molecule has 132 heavy (non-hydrogen) atoms. The first-order chi connectivity index (χ1) is 64.8. The molecule has 26 aromatic rings. The van der Waals surface area contributed by atoms with E-state index in [-0.39, 0.29) is 0 Å². The number of rotatable bonds is 14. The Labute approximate surface area is 761 Å². The maximum Gasteiger partial charge on any atom is 0.159 e. The van der Waals surface area contributed by atoms with Crippen LogP contribution in [0.1, 0.15) is 72.9 Å². The second-order valence-electron chi connectivity index (χ2n) is 35.9. The molecule has 10 nitrogen and oxygen atoms in total. The SMILES string of the molecule is CC(C)c1ccc(N(c2ccc(C#N)cc2)c2ccc3cc4c5cccc6c7cc8ccc(N(c9ccc(C#N)cc9)c9ccc(C(C)C)cc9)cc8cc7n(c4cc3c2)c56)cc1.Cc1ccccc1N(c1ccc2cc3c4cccc5c6cc7ccc(N(c8ccccc8C)c8cccc9c8oc8ccccc89)cc7cc6n(c3cc2c1)c45)c1cccc2c1oc1ccccc12. The molecule has 0 aliphatic heterocycles. The summed E-state index contributed by atoms with van der Waals surface area (Å²) in [5, 5.41) is 43.0. The summed E-state index contributed by atoms with van der Waals surface area (Å²) in [5.41, 5.74) is 29.5. The van der Waals surface area contributed by atoms with Gasteiger partial charge >= 0.3 is 0 Å². The zero-order valence-corrected chi connectivity index (χ0v) is 73.5. The number of fused-ring (bicyclic) bond motifs is 22. The Morgan fingerprint density at radius 3 is 0.833 bits per heavy atom. The molecule has 20 aromatic carbocycles. The maximum atomic E-state index is 9.58. The van der Waals surface area contributed by atoms with Crippen molar-refractivity contribution in [3.05, 3.63) is 422 Å². The van der Waals surface area contributed by atoms with Crippen molar-refractivity contribution < 1.29 is 8.83 Å². The number of para-hydroxylation sites is 8. The van der Waals surface area contributed by atoms with Crippen LogP contribution in [0.2, 0.25) is 0 Å². The molecule has 0 spiro atoms. The third kappa shape index (κ3) is 12.3. The fourth-order valence-corrected chi connectivity index (χ4v) is 21.0. The molecule has 0 N–H and O–H groups in total. The molecule has 0 saturated heterocycles. The molecule has 26 rings (SSSR count). The van der Waals surface area contributed by atoms with E-state index in [4.69, 9.17) is 8.83 Å². The van der Waals surface area contributed by atoms with E-state index < -0.39 is 0 Å². The molecule has 0 unspecified atom stereocenters. The normalized spacial score (nSPS) is 12.0. The lowest BCUT2D eigenvalue weighted by atomic mass is 10.0. The molecule has 10 heteroatoms. The summed E-state index contributed by atoms with van der Waals surface area (Å²) in [6, 6.07) is 144. The van der Waals surface area contributed by atoms with Gasteiger partial charge < -0.3 is 37.2 Å². The van der Waals surface area contributed by atoms with Crippen molar-refractivity contribution in [2.45, 2.75) is 53.4 Å². The maximum absolute atomic E-state index is 9.58. The highest BCUT2D eigenvalue weighted by molar-refractivity contribution is 6.28. The monoisotopic (exact) mass is 1690 g/mol. The van der Waals surface area contributed by atoms with Crippen molar-refractivity contribution in [2.24, 2.45) is 0 Å². The van der Waals surface area contributed by atoms with Crippen LogP contribution in [0, 0.1) is 36.5 Å². The van der Waals surface area contributed by atoms with Gasteiger partial charge in [-0.3, -0.25) is 0 Å². The third-order valence-electron chi connectivity index (χ3n) is 27.5. The van der Waals surface area contributed by atoms with Gasteiger partial charge in [0.15, 0.2) is 11.2 Å². The van der Waals surface area contributed by atoms with Crippen molar-refractivity contribution in [3.8, 4) is 12.1 Å². The Kier molecular flexibility index (Phi) is 17.7. The van der Waals surface area contributed by atoms with Gasteiger partial charge in [0.1, 0.15) is 11.2 Å². The van der Waals surface area contributed by atoms with Crippen molar-refractivity contribution >= 4 is 231 Å². The summed E-state index contributed by atoms with van der Waals surface area (Å²) in [6.07, 6.45) is 0. The molecule has 624 valence electrons. The molecule has 6 aromatic heterocycles. The number of nitriles is 2. The Hall–Kier alpha value is -17.2. The smallest absolute Gasteiger partial charge is 0.159 e. The molecule has 0 bridgehead atoms. The summed E-state index contributed by atoms with van der Waals surface area (Å²) in [7, 11) is 0. The minimum atomic E-state index is 0.432. The second-order valence-corrected chi connectivity index (χ2v) is 35.9. The fraction of sp³-hybridized carbons (Fsp3) is 0.0656. The van der Waals surface area contributed by atoms with Crippen molar-refractivity contribution in [1.29, 1.82) is 10.5 Å². The summed E-state index contributed by atoms with van der Waals surface area (Å²) in [5.74, 6) is 0.864. The van der Waals surface area contributed by atoms with Gasteiger partial charge in [0.2, 0.25) is 0 Å². The first-order valence-electron chi connectivity index (χ1n) is 45.3. The Balaban J connectivity index is 0.000000143. The Morgan fingerprint density at radius 2 is 0.508 bits per heavy atom. The third-order valence-corrected chi connectivity index (χ3v) is 27.5. The van der Waals surface area contributed by atoms with Crippen LogP contribution in [0.15, 0.2) is 397 Å². The average molecular weight is 1690 g/mol. The number of hydrogen-bond donors (Lipinski definition) is 0. The van der Waals surface area contributed by atoms with Crippen LogP contribution in [0.5, 0.6) is 0 Å². The van der Waals surface area contributed by atoms with E-state index in [2.05, 4.69) is 410 Å². The minimum absolute atomic E-state index is 0.432. The quantitative estimate of drug-likeness (QED) is 0.106. The summed E-state index contributed by atoms with van der Waals surface area (Å²) >= 11 is 0. The summed E-state index contributed by atoms with van der Waals surface area (Å²) in [4.78, 5) is 9.28. The summed E-state index contributed by atoms with van der Waals surface area (Å²) in [6.45, 7) is 13.2. The first-order valence-corrected chi connectivity index (χ1v) is 45.3. The molecule has 6 heterocycles. The number of nitrogens with zero attached hydrogens (tertiary/aromatic N) is 8. The number of hydrogen-bond acceptors (Lipinski definition) is 8. The van der Waals surface area contributed by atoms with Crippen LogP contribution in [-0.4, -0.2) is 8.80 Å². The topological polar surface area (TPSA) is 95.6 Å². The molecule has 0 fully saturated rings.